The van der Waals surface area contributed by atoms with Gasteiger partial charge in [0.2, 0.25) is 0 Å². The number of nitrogens with zero attached hydrogens (tertiary/aromatic N) is 2. The van der Waals surface area contributed by atoms with E-state index in [2.05, 4.69) is 15.2 Å². The Balaban J connectivity index is 1.68. The SMILES string of the molecule is O=C(NCc1ccccc1)c1cc(N2CCC[C@@H]2CO)ccn1. The number of carbonyl (C=O) groups excluding carboxylic acids is 1. The zero-order valence-corrected chi connectivity index (χ0v) is 13.0. The number of amides is 1. The second kappa shape index (κ2) is 7.24. The predicted molar refractivity (Wildman–Crippen MR) is 89.3 cm³/mol. The third kappa shape index (κ3) is 3.68. The van der Waals surface area contributed by atoms with E-state index in [1.54, 1.807) is 12.3 Å². The first-order valence-corrected chi connectivity index (χ1v) is 7.93. The molecule has 2 N–H and O–H groups in total. The first kappa shape index (κ1) is 15.5. The van der Waals surface area contributed by atoms with E-state index in [-0.39, 0.29) is 18.6 Å². The van der Waals surface area contributed by atoms with Crippen LogP contribution >= 0.6 is 0 Å². The van der Waals surface area contributed by atoms with Gasteiger partial charge in [-0.15, -0.1) is 0 Å². The maximum atomic E-state index is 12.3. The summed E-state index contributed by atoms with van der Waals surface area (Å²) in [4.78, 5) is 18.6. The fraction of sp³-hybridized carbons (Fsp3) is 0.333. The number of rotatable bonds is 5. The highest BCUT2D eigenvalue weighted by Crippen LogP contribution is 2.25. The zero-order chi connectivity index (χ0) is 16.1. The standard InChI is InChI=1S/C18H21N3O2/c22-13-16-7-4-10-21(16)15-8-9-19-17(11-15)18(23)20-12-14-5-2-1-3-6-14/h1-3,5-6,8-9,11,16,22H,4,7,10,12-13H2,(H,20,23)/t16-/m1/s1. The Bertz CT molecular complexity index is 660. The van der Waals surface area contributed by atoms with E-state index in [0.29, 0.717) is 12.2 Å². The van der Waals surface area contributed by atoms with Crippen molar-refractivity contribution in [3.05, 3.63) is 59.9 Å². The lowest BCUT2D eigenvalue weighted by molar-refractivity contribution is 0.0946. The van der Waals surface area contributed by atoms with Gasteiger partial charge in [-0.05, 0) is 30.5 Å². The number of carbonyl (C=O) groups is 1. The van der Waals surface area contributed by atoms with Crippen LogP contribution in [0.5, 0.6) is 0 Å². The molecule has 2 aromatic rings. The lowest BCUT2D eigenvalue weighted by Gasteiger charge is -2.25. The minimum Gasteiger partial charge on any atom is -0.394 e. The Morgan fingerprint density at radius 1 is 1.30 bits per heavy atom. The number of pyridine rings is 1. The molecule has 0 bridgehead atoms. The quantitative estimate of drug-likeness (QED) is 0.886. The summed E-state index contributed by atoms with van der Waals surface area (Å²) in [5.41, 5.74) is 2.40. The van der Waals surface area contributed by atoms with Gasteiger partial charge >= 0.3 is 0 Å². The van der Waals surface area contributed by atoms with Crippen LogP contribution < -0.4 is 10.2 Å². The smallest absolute Gasteiger partial charge is 0.270 e. The van der Waals surface area contributed by atoms with Gasteiger partial charge in [-0.25, -0.2) is 0 Å². The van der Waals surface area contributed by atoms with Gasteiger partial charge in [0, 0.05) is 25.0 Å². The minimum absolute atomic E-state index is 0.137. The molecule has 3 rings (SSSR count). The molecule has 0 spiro atoms. The summed E-state index contributed by atoms with van der Waals surface area (Å²) in [6.07, 6.45) is 3.69. The summed E-state index contributed by atoms with van der Waals surface area (Å²) >= 11 is 0. The van der Waals surface area contributed by atoms with Crippen molar-refractivity contribution in [1.29, 1.82) is 0 Å². The lowest BCUT2D eigenvalue weighted by Crippen LogP contribution is -2.32. The summed E-state index contributed by atoms with van der Waals surface area (Å²) in [6.45, 7) is 1.52. The minimum atomic E-state index is -0.185. The van der Waals surface area contributed by atoms with Crippen molar-refractivity contribution in [2.24, 2.45) is 0 Å². The van der Waals surface area contributed by atoms with Gasteiger partial charge in [0.25, 0.3) is 5.91 Å². The molecule has 1 aromatic carbocycles. The lowest BCUT2D eigenvalue weighted by atomic mass is 10.2. The van der Waals surface area contributed by atoms with E-state index in [1.165, 1.54) is 0 Å². The van der Waals surface area contributed by atoms with Gasteiger partial charge in [-0.2, -0.15) is 0 Å². The van der Waals surface area contributed by atoms with Gasteiger partial charge in [0.15, 0.2) is 0 Å². The highest BCUT2D eigenvalue weighted by Gasteiger charge is 2.24. The number of aromatic nitrogens is 1. The van der Waals surface area contributed by atoms with Gasteiger partial charge in [-0.3, -0.25) is 9.78 Å². The molecule has 1 aromatic heterocycles. The monoisotopic (exact) mass is 311 g/mol. The Morgan fingerprint density at radius 3 is 2.91 bits per heavy atom. The maximum absolute atomic E-state index is 12.3. The van der Waals surface area contributed by atoms with Crippen LogP contribution in [0.2, 0.25) is 0 Å². The summed E-state index contributed by atoms with van der Waals surface area (Å²) in [7, 11) is 0. The molecule has 120 valence electrons. The number of aliphatic hydroxyl groups excluding tert-OH is 1. The number of hydrogen-bond donors (Lipinski definition) is 2. The van der Waals surface area contributed by atoms with Crippen molar-refractivity contribution in [3.8, 4) is 0 Å². The van der Waals surface area contributed by atoms with Crippen molar-refractivity contribution in [1.82, 2.24) is 10.3 Å². The van der Waals surface area contributed by atoms with Crippen LogP contribution in [-0.2, 0) is 6.54 Å². The molecular formula is C18H21N3O2. The molecule has 0 aliphatic carbocycles. The van der Waals surface area contributed by atoms with Crippen LogP contribution in [0.1, 0.15) is 28.9 Å². The predicted octanol–water partition coefficient (Wildman–Crippen LogP) is 1.97. The van der Waals surface area contributed by atoms with Crippen LogP contribution in [0.25, 0.3) is 0 Å². The molecule has 1 aliphatic heterocycles. The van der Waals surface area contributed by atoms with Crippen molar-refractivity contribution >= 4 is 11.6 Å². The normalized spacial score (nSPS) is 17.3. The fourth-order valence-corrected chi connectivity index (χ4v) is 2.96. The third-order valence-electron chi connectivity index (χ3n) is 4.19. The number of nitrogens with one attached hydrogen (secondary N) is 1. The molecule has 2 heterocycles. The van der Waals surface area contributed by atoms with Crippen molar-refractivity contribution in [2.75, 3.05) is 18.1 Å². The van der Waals surface area contributed by atoms with Crippen LogP contribution in [0.15, 0.2) is 48.7 Å². The Hall–Kier alpha value is -2.40. The average Bonchev–Trinajstić information content (AvgIpc) is 3.09. The molecule has 1 aliphatic rings. The second-order valence-corrected chi connectivity index (χ2v) is 5.74. The van der Waals surface area contributed by atoms with E-state index < -0.39 is 0 Å². The van der Waals surface area contributed by atoms with Crippen LogP contribution in [0.4, 0.5) is 5.69 Å². The number of aliphatic hydroxyl groups is 1. The molecule has 1 fully saturated rings. The highest BCUT2D eigenvalue weighted by atomic mass is 16.3. The molecule has 0 saturated carbocycles. The Morgan fingerprint density at radius 2 is 2.13 bits per heavy atom. The van der Waals surface area contributed by atoms with Crippen molar-refractivity contribution < 1.29 is 9.90 Å². The molecule has 5 nitrogen and oxygen atoms in total. The maximum Gasteiger partial charge on any atom is 0.270 e. The van der Waals surface area contributed by atoms with Crippen LogP contribution in [0.3, 0.4) is 0 Å². The third-order valence-corrected chi connectivity index (χ3v) is 4.19. The average molecular weight is 311 g/mol. The van der Waals surface area contributed by atoms with E-state index in [4.69, 9.17) is 0 Å². The molecule has 1 saturated heterocycles. The van der Waals surface area contributed by atoms with E-state index in [9.17, 15) is 9.90 Å². The number of benzene rings is 1. The molecular weight excluding hydrogens is 290 g/mol. The second-order valence-electron chi connectivity index (χ2n) is 5.74. The molecule has 0 radical (unpaired) electrons. The molecule has 1 atom stereocenters. The topological polar surface area (TPSA) is 65.5 Å². The summed E-state index contributed by atoms with van der Waals surface area (Å²) in [5, 5.41) is 12.3. The highest BCUT2D eigenvalue weighted by molar-refractivity contribution is 5.93. The van der Waals surface area contributed by atoms with Crippen molar-refractivity contribution in [3.63, 3.8) is 0 Å². The first-order valence-electron chi connectivity index (χ1n) is 7.93. The summed E-state index contributed by atoms with van der Waals surface area (Å²) in [5.74, 6) is -0.185. The van der Waals surface area contributed by atoms with Gasteiger partial charge in [0.05, 0.1) is 12.6 Å². The van der Waals surface area contributed by atoms with Crippen molar-refractivity contribution in [2.45, 2.75) is 25.4 Å². The van der Waals surface area contributed by atoms with E-state index in [0.717, 1.165) is 30.6 Å². The van der Waals surface area contributed by atoms with E-state index >= 15 is 0 Å². The largest absolute Gasteiger partial charge is 0.394 e. The number of hydrogen-bond acceptors (Lipinski definition) is 4. The summed E-state index contributed by atoms with van der Waals surface area (Å²) < 4.78 is 0. The molecule has 5 heteroatoms. The van der Waals surface area contributed by atoms with E-state index in [1.807, 2.05) is 36.4 Å². The Kier molecular flexibility index (Phi) is 4.88. The first-order chi connectivity index (χ1) is 11.3. The zero-order valence-electron chi connectivity index (χ0n) is 13.0. The Labute approximate surface area is 136 Å². The van der Waals surface area contributed by atoms with Gasteiger partial charge < -0.3 is 15.3 Å². The van der Waals surface area contributed by atoms with Crippen LogP contribution in [-0.4, -0.2) is 35.2 Å². The van der Waals surface area contributed by atoms with Gasteiger partial charge in [0.1, 0.15) is 5.69 Å². The van der Waals surface area contributed by atoms with Crippen LogP contribution in [0, 0.1) is 0 Å². The van der Waals surface area contributed by atoms with Gasteiger partial charge in [-0.1, -0.05) is 30.3 Å². The fourth-order valence-electron chi connectivity index (χ4n) is 2.96. The molecule has 0 unspecified atom stereocenters. The molecule has 23 heavy (non-hydrogen) atoms. The summed E-state index contributed by atoms with van der Waals surface area (Å²) in [6, 6.07) is 13.6. The number of anilines is 1. The molecule has 1 amide bonds.